The van der Waals surface area contributed by atoms with Crippen LogP contribution in [-0.4, -0.2) is 45.1 Å². The lowest BCUT2D eigenvalue weighted by Gasteiger charge is -2.19. The van der Waals surface area contributed by atoms with E-state index < -0.39 is 35.8 Å². The first-order valence-corrected chi connectivity index (χ1v) is 15.5. The topological polar surface area (TPSA) is 128 Å². The number of carbonyl (C=O) groups is 3. The van der Waals surface area contributed by atoms with Crippen molar-refractivity contribution in [3.05, 3.63) is 87.8 Å². The molecule has 1 aliphatic heterocycles. The molecular weight excluding hydrogens is 664 g/mol. The summed E-state index contributed by atoms with van der Waals surface area (Å²) in [5.74, 6) is 1.10. The highest BCUT2D eigenvalue weighted by Crippen LogP contribution is 2.39. The van der Waals surface area contributed by atoms with Crippen molar-refractivity contribution in [3.63, 3.8) is 0 Å². The molecule has 10 nitrogen and oxygen atoms in total. The molecular formula is C35H28Cl2FN3O7. The largest absolute Gasteiger partial charge is 0.479 e. The van der Waals surface area contributed by atoms with Crippen molar-refractivity contribution < 1.29 is 38.1 Å². The molecule has 3 aromatic carbocycles. The van der Waals surface area contributed by atoms with E-state index in [1.54, 1.807) is 49.4 Å². The Morgan fingerprint density at radius 1 is 0.958 bits per heavy atom. The van der Waals surface area contributed by atoms with E-state index in [0.29, 0.717) is 57.4 Å². The molecule has 0 radical (unpaired) electrons. The number of aliphatic carboxylic acids is 1. The molecule has 0 bridgehead atoms. The molecule has 1 N–H and O–H groups in total. The molecule has 1 aliphatic carbocycles. The predicted octanol–water partition coefficient (Wildman–Crippen LogP) is 7.55. The summed E-state index contributed by atoms with van der Waals surface area (Å²) >= 11 is 11.9. The van der Waals surface area contributed by atoms with Crippen molar-refractivity contribution in [2.45, 2.75) is 51.7 Å². The molecule has 2 atom stereocenters. The lowest BCUT2D eigenvalue weighted by atomic mass is 9.93. The number of hydrogen-bond acceptors (Lipinski definition) is 8. The summed E-state index contributed by atoms with van der Waals surface area (Å²) in [6.07, 6.45) is 8.06. The number of rotatable bonds is 8. The van der Waals surface area contributed by atoms with Gasteiger partial charge in [-0.25, -0.2) is 24.1 Å². The van der Waals surface area contributed by atoms with Crippen molar-refractivity contribution in [1.29, 1.82) is 0 Å². The number of benzene rings is 3. The van der Waals surface area contributed by atoms with E-state index in [9.17, 15) is 18.8 Å². The van der Waals surface area contributed by atoms with Gasteiger partial charge in [-0.05, 0) is 88.1 Å². The zero-order valence-corrected chi connectivity index (χ0v) is 27.2. The third kappa shape index (κ3) is 7.68. The minimum Gasteiger partial charge on any atom is -0.479 e. The van der Waals surface area contributed by atoms with Gasteiger partial charge < -0.3 is 19.3 Å². The highest BCUT2D eigenvalue weighted by atomic mass is 35.5. The second kappa shape index (κ2) is 14.7. The Hall–Kier alpha value is -5.18. The number of carbonyl (C=O) groups excluding carboxylic acids is 2. The van der Waals surface area contributed by atoms with Crippen molar-refractivity contribution in [2.75, 3.05) is 4.90 Å². The summed E-state index contributed by atoms with van der Waals surface area (Å²) in [7, 11) is 0. The van der Waals surface area contributed by atoms with Crippen LogP contribution in [0, 0.1) is 18.2 Å². The van der Waals surface area contributed by atoms with E-state index in [4.69, 9.17) is 48.9 Å². The van der Waals surface area contributed by atoms with E-state index in [-0.39, 0.29) is 16.5 Å². The molecule has 48 heavy (non-hydrogen) atoms. The Kier molecular flexibility index (Phi) is 10.5. The van der Waals surface area contributed by atoms with Crippen LogP contribution in [0.15, 0.2) is 71.9 Å². The van der Waals surface area contributed by atoms with Gasteiger partial charge in [0.2, 0.25) is 5.88 Å². The molecule has 2 aliphatic rings. The average Bonchev–Trinajstić information content (AvgIpc) is 3.32. The summed E-state index contributed by atoms with van der Waals surface area (Å²) in [6.45, 7) is 3.09. The number of carboxylic acid groups (broad SMARTS) is 1. The Bertz CT molecular complexity index is 1950. The lowest BCUT2D eigenvalue weighted by Crippen LogP contribution is -2.32. The summed E-state index contributed by atoms with van der Waals surface area (Å²) in [5, 5.41) is 9.44. The van der Waals surface area contributed by atoms with Crippen molar-refractivity contribution >= 4 is 57.7 Å². The number of hydrogen-bond donors (Lipinski definition) is 1. The van der Waals surface area contributed by atoms with Crippen LogP contribution in [0.2, 0.25) is 10.0 Å². The van der Waals surface area contributed by atoms with Crippen molar-refractivity contribution in [3.8, 4) is 35.5 Å². The van der Waals surface area contributed by atoms with E-state index >= 15 is 0 Å². The first-order valence-electron chi connectivity index (χ1n) is 14.8. The van der Waals surface area contributed by atoms with Crippen LogP contribution in [0.1, 0.15) is 39.5 Å². The van der Waals surface area contributed by atoms with Gasteiger partial charge in [0.25, 0.3) is 11.8 Å². The molecule has 2 amide bonds. The Morgan fingerprint density at radius 2 is 1.60 bits per heavy atom. The Labute approximate surface area is 285 Å². The fourth-order valence-electron chi connectivity index (χ4n) is 4.94. The Balaban J connectivity index is 0.000000188. The van der Waals surface area contributed by atoms with Crippen molar-refractivity contribution in [2.24, 2.45) is 0 Å². The molecule has 0 saturated heterocycles. The summed E-state index contributed by atoms with van der Waals surface area (Å²) in [4.78, 5) is 45.3. The highest BCUT2D eigenvalue weighted by Gasteiger charge is 2.41. The van der Waals surface area contributed by atoms with Crippen LogP contribution in [0.25, 0.3) is 11.0 Å². The lowest BCUT2D eigenvalue weighted by molar-refractivity contribution is -0.144. The van der Waals surface area contributed by atoms with Gasteiger partial charge in [-0.1, -0.05) is 29.1 Å². The van der Waals surface area contributed by atoms with Crippen LogP contribution in [0.4, 0.5) is 10.1 Å². The fraction of sp³-hybridized carbons (Fsp3) is 0.229. The minimum absolute atomic E-state index is 0.0233. The Morgan fingerprint density at radius 3 is 2.23 bits per heavy atom. The molecule has 0 spiro atoms. The number of imide groups is 1. The molecule has 0 saturated carbocycles. The standard InChI is InChI=1S/C18H15ClFNO3.C17H13ClN2O4/c1-3-10(2)24-16-9-15(14(20)8-13(16)19)21-17(22)11-6-4-5-7-12(11)18(21)23;1-10(17(21)22)23-12-3-5-13(6-4-12)24-16-9-19-15-8-11(18)2-7-14(15)20-16/h1,8-10H,4-7H2,2H3;2-10H,1H3,(H,21,22). The van der Waals surface area contributed by atoms with Crippen LogP contribution < -0.4 is 19.1 Å². The monoisotopic (exact) mass is 691 g/mol. The minimum atomic E-state index is -1.03. The third-order valence-electron chi connectivity index (χ3n) is 7.36. The maximum absolute atomic E-state index is 14.4. The van der Waals surface area contributed by atoms with Gasteiger partial charge in [-0.2, -0.15) is 0 Å². The smallest absolute Gasteiger partial charge is 0.344 e. The molecule has 1 aromatic heterocycles. The van der Waals surface area contributed by atoms with Crippen LogP contribution >= 0.6 is 23.2 Å². The quantitative estimate of drug-likeness (QED) is 0.147. The van der Waals surface area contributed by atoms with E-state index in [1.807, 2.05) is 0 Å². The number of terminal acetylenes is 1. The zero-order valence-electron chi connectivity index (χ0n) is 25.7. The van der Waals surface area contributed by atoms with E-state index in [0.717, 1.165) is 23.8 Å². The number of anilines is 1. The number of nitrogens with zero attached hydrogens (tertiary/aromatic N) is 3. The second-order valence-corrected chi connectivity index (χ2v) is 11.6. The van der Waals surface area contributed by atoms with Crippen LogP contribution in [0.5, 0.6) is 23.1 Å². The zero-order chi connectivity index (χ0) is 34.5. The maximum atomic E-state index is 14.4. The van der Waals surface area contributed by atoms with E-state index in [2.05, 4.69) is 15.9 Å². The number of halogens is 3. The first-order chi connectivity index (χ1) is 22.9. The van der Waals surface area contributed by atoms with Gasteiger partial charge >= 0.3 is 5.97 Å². The molecule has 246 valence electrons. The fourth-order valence-corrected chi connectivity index (χ4v) is 5.30. The van der Waals surface area contributed by atoms with Gasteiger partial charge in [0.15, 0.2) is 12.2 Å². The molecule has 6 rings (SSSR count). The molecule has 13 heteroatoms. The number of ether oxygens (including phenoxy) is 3. The van der Waals surface area contributed by atoms with Crippen molar-refractivity contribution in [1.82, 2.24) is 9.97 Å². The third-order valence-corrected chi connectivity index (χ3v) is 7.89. The number of fused-ring (bicyclic) bond motifs is 1. The summed E-state index contributed by atoms with van der Waals surface area (Å²) < 4.78 is 30.7. The van der Waals surface area contributed by atoms with Gasteiger partial charge in [0.1, 0.15) is 23.1 Å². The van der Waals surface area contributed by atoms with Gasteiger partial charge in [0, 0.05) is 22.2 Å². The maximum Gasteiger partial charge on any atom is 0.344 e. The number of aromatic nitrogens is 2. The molecule has 2 heterocycles. The highest BCUT2D eigenvalue weighted by molar-refractivity contribution is 6.34. The number of amides is 2. The molecule has 2 unspecified atom stereocenters. The summed E-state index contributed by atoms with van der Waals surface area (Å²) in [6, 6.07) is 14.1. The average molecular weight is 693 g/mol. The van der Waals surface area contributed by atoms with Gasteiger partial charge in [0.05, 0.1) is 27.9 Å². The molecule has 0 fully saturated rings. The van der Waals surface area contributed by atoms with Gasteiger partial charge in [-0.3, -0.25) is 9.59 Å². The summed E-state index contributed by atoms with van der Waals surface area (Å²) in [5.41, 5.74) is 2.16. The van der Waals surface area contributed by atoms with E-state index in [1.165, 1.54) is 19.2 Å². The predicted molar refractivity (Wildman–Crippen MR) is 177 cm³/mol. The van der Waals surface area contributed by atoms with Crippen LogP contribution in [-0.2, 0) is 14.4 Å². The first kappa shape index (κ1) is 34.2. The number of carboxylic acids is 1. The van der Waals surface area contributed by atoms with Crippen LogP contribution in [0.3, 0.4) is 0 Å². The molecule has 4 aromatic rings. The normalized spacial score (nSPS) is 15.2. The second-order valence-electron chi connectivity index (χ2n) is 10.8. The SMILES string of the molecule is C#CC(C)Oc1cc(N2C(=O)C3=C(CCCC3)C2=O)c(F)cc1Cl.CC(Oc1ccc(Oc2cnc3cc(Cl)ccc3n2)cc1)C(=O)O. The van der Waals surface area contributed by atoms with Gasteiger partial charge in [-0.15, -0.1) is 6.42 Å².